The number of pyridine rings is 1. The van der Waals surface area contributed by atoms with Crippen molar-refractivity contribution < 1.29 is 0 Å². The van der Waals surface area contributed by atoms with E-state index in [-0.39, 0.29) is 0 Å². The van der Waals surface area contributed by atoms with Gasteiger partial charge in [-0.3, -0.25) is 0 Å². The van der Waals surface area contributed by atoms with Gasteiger partial charge in [0.2, 0.25) is 0 Å². The molecule has 0 aliphatic heterocycles. The minimum atomic E-state index is 0.695. The minimum absolute atomic E-state index is 0.695. The van der Waals surface area contributed by atoms with Crippen LogP contribution in [0.2, 0.25) is 5.02 Å². The number of anilines is 1. The molecule has 2 aromatic rings. The smallest absolute Gasteiger partial charge is 0.128 e. The van der Waals surface area contributed by atoms with Gasteiger partial charge in [-0.05, 0) is 25.6 Å². The number of rotatable bonds is 5. The van der Waals surface area contributed by atoms with E-state index in [4.69, 9.17) is 11.6 Å². The summed E-state index contributed by atoms with van der Waals surface area (Å²) in [4.78, 5) is 12.0. The maximum absolute atomic E-state index is 6.12. The normalized spacial score (nSPS) is 10.7. The number of aryl methyl sites for hydroxylation is 1. The molecule has 0 saturated heterocycles. The molecule has 6 heteroatoms. The summed E-state index contributed by atoms with van der Waals surface area (Å²) < 4.78 is 0. The van der Waals surface area contributed by atoms with Crippen LogP contribution in [0, 0.1) is 6.92 Å². The molecule has 2 rings (SSSR count). The van der Waals surface area contributed by atoms with E-state index in [1.807, 2.05) is 32.6 Å². The average molecular weight is 297 g/mol. The topological polar surface area (TPSA) is 41.0 Å². The van der Waals surface area contributed by atoms with Gasteiger partial charge in [-0.15, -0.1) is 11.3 Å². The fourth-order valence-corrected chi connectivity index (χ4v) is 2.78. The number of nitrogens with zero attached hydrogens (tertiary/aromatic N) is 3. The van der Waals surface area contributed by atoms with Gasteiger partial charge in [0.15, 0.2) is 0 Å². The van der Waals surface area contributed by atoms with Crippen LogP contribution in [0.3, 0.4) is 0 Å². The lowest BCUT2D eigenvalue weighted by Crippen LogP contribution is -2.18. The molecule has 0 spiro atoms. The molecular formula is C13H17ClN4S. The predicted octanol–water partition coefficient (Wildman–Crippen LogP) is 2.86. The van der Waals surface area contributed by atoms with Crippen molar-refractivity contribution in [2.24, 2.45) is 0 Å². The van der Waals surface area contributed by atoms with Gasteiger partial charge in [-0.1, -0.05) is 11.6 Å². The highest BCUT2D eigenvalue weighted by atomic mass is 35.5. The zero-order chi connectivity index (χ0) is 13.8. The van der Waals surface area contributed by atoms with Gasteiger partial charge in [0, 0.05) is 24.7 Å². The largest absolute Gasteiger partial charge is 0.354 e. The molecule has 0 bridgehead atoms. The van der Waals surface area contributed by atoms with Crippen LogP contribution in [0.25, 0.3) is 0 Å². The van der Waals surface area contributed by atoms with E-state index in [1.54, 1.807) is 17.5 Å². The lowest BCUT2D eigenvalue weighted by atomic mass is 10.2. The second-order valence-electron chi connectivity index (χ2n) is 4.38. The van der Waals surface area contributed by atoms with E-state index in [0.717, 1.165) is 30.2 Å². The van der Waals surface area contributed by atoms with Crippen molar-refractivity contribution in [3.63, 3.8) is 0 Å². The Bertz CT molecular complexity index is 555. The second kappa shape index (κ2) is 6.32. The molecule has 4 nitrogen and oxygen atoms in total. The first-order chi connectivity index (χ1) is 9.11. The first-order valence-electron chi connectivity index (χ1n) is 6.01. The average Bonchev–Trinajstić information content (AvgIpc) is 2.78. The summed E-state index contributed by atoms with van der Waals surface area (Å²) in [6.07, 6.45) is 1.71. The first-order valence-corrected chi connectivity index (χ1v) is 7.26. The Morgan fingerprint density at radius 1 is 1.42 bits per heavy atom. The van der Waals surface area contributed by atoms with E-state index in [9.17, 15) is 0 Å². The van der Waals surface area contributed by atoms with Crippen LogP contribution in [-0.4, -0.2) is 24.1 Å². The van der Waals surface area contributed by atoms with Crippen LogP contribution in [0.5, 0.6) is 0 Å². The summed E-state index contributed by atoms with van der Waals surface area (Å²) >= 11 is 7.79. The number of nitrogens with one attached hydrogen (secondary N) is 1. The number of hydrogen-bond acceptors (Lipinski definition) is 5. The van der Waals surface area contributed by atoms with Gasteiger partial charge in [0.25, 0.3) is 0 Å². The quantitative estimate of drug-likeness (QED) is 0.921. The Kier molecular flexibility index (Phi) is 4.74. The first kappa shape index (κ1) is 14.2. The molecule has 2 heterocycles. The van der Waals surface area contributed by atoms with Crippen LogP contribution < -0.4 is 10.2 Å². The lowest BCUT2D eigenvalue weighted by Gasteiger charge is -2.18. The monoisotopic (exact) mass is 296 g/mol. The molecule has 0 aliphatic carbocycles. The van der Waals surface area contributed by atoms with Gasteiger partial charge in [-0.2, -0.15) is 0 Å². The molecule has 0 fully saturated rings. The zero-order valence-corrected chi connectivity index (χ0v) is 12.8. The van der Waals surface area contributed by atoms with E-state index < -0.39 is 0 Å². The molecule has 0 unspecified atom stereocenters. The SMILES string of the molecule is CNCc1cc(N(C)Cc2scnc2C)ncc1Cl. The summed E-state index contributed by atoms with van der Waals surface area (Å²) in [5.74, 6) is 0.919. The summed E-state index contributed by atoms with van der Waals surface area (Å²) in [6, 6.07) is 2.02. The van der Waals surface area contributed by atoms with Crippen LogP contribution in [0.15, 0.2) is 17.8 Å². The Morgan fingerprint density at radius 2 is 2.21 bits per heavy atom. The third kappa shape index (κ3) is 3.43. The number of hydrogen-bond donors (Lipinski definition) is 1. The lowest BCUT2D eigenvalue weighted by molar-refractivity contribution is 0.812. The van der Waals surface area contributed by atoms with Gasteiger partial charge in [-0.25, -0.2) is 9.97 Å². The van der Waals surface area contributed by atoms with Gasteiger partial charge in [0.05, 0.1) is 22.8 Å². The molecule has 0 atom stereocenters. The van der Waals surface area contributed by atoms with Crippen molar-refractivity contribution >= 4 is 28.8 Å². The highest BCUT2D eigenvalue weighted by Crippen LogP contribution is 2.22. The standard InChI is InChI=1S/C13H17ClN4S/c1-9-12(19-8-17-9)7-18(3)13-4-10(5-15-2)11(14)6-16-13/h4,6,8,15H,5,7H2,1-3H3. The summed E-state index contributed by atoms with van der Waals surface area (Å²) in [7, 11) is 3.93. The van der Waals surface area contributed by atoms with E-state index in [2.05, 4.69) is 20.2 Å². The van der Waals surface area contributed by atoms with Crippen molar-refractivity contribution in [3.05, 3.63) is 38.9 Å². The van der Waals surface area contributed by atoms with E-state index in [0.29, 0.717) is 5.02 Å². The van der Waals surface area contributed by atoms with Crippen LogP contribution in [-0.2, 0) is 13.1 Å². The highest BCUT2D eigenvalue weighted by molar-refractivity contribution is 7.09. The number of halogens is 1. The summed E-state index contributed by atoms with van der Waals surface area (Å²) in [5.41, 5.74) is 4.02. The molecule has 0 saturated carbocycles. The molecule has 2 aromatic heterocycles. The van der Waals surface area contributed by atoms with Crippen molar-refractivity contribution in [2.45, 2.75) is 20.0 Å². The van der Waals surface area contributed by atoms with Crippen LogP contribution in [0.1, 0.15) is 16.1 Å². The fraction of sp³-hybridized carbons (Fsp3) is 0.385. The molecule has 19 heavy (non-hydrogen) atoms. The van der Waals surface area contributed by atoms with Crippen molar-refractivity contribution in [1.29, 1.82) is 0 Å². The Labute approximate surface area is 122 Å². The minimum Gasteiger partial charge on any atom is -0.354 e. The van der Waals surface area contributed by atoms with Gasteiger partial charge < -0.3 is 10.2 Å². The zero-order valence-electron chi connectivity index (χ0n) is 11.3. The van der Waals surface area contributed by atoms with Crippen LogP contribution >= 0.6 is 22.9 Å². The third-order valence-electron chi connectivity index (χ3n) is 2.90. The maximum atomic E-state index is 6.12. The molecule has 0 aliphatic rings. The van der Waals surface area contributed by atoms with Crippen molar-refractivity contribution in [2.75, 3.05) is 19.0 Å². The Balaban J connectivity index is 2.17. The molecule has 102 valence electrons. The third-order valence-corrected chi connectivity index (χ3v) is 4.16. The fourth-order valence-electron chi connectivity index (χ4n) is 1.78. The predicted molar refractivity (Wildman–Crippen MR) is 81.0 cm³/mol. The summed E-state index contributed by atoms with van der Waals surface area (Å²) in [6.45, 7) is 3.58. The highest BCUT2D eigenvalue weighted by Gasteiger charge is 2.10. The molecule has 1 N–H and O–H groups in total. The van der Waals surface area contributed by atoms with Crippen molar-refractivity contribution in [1.82, 2.24) is 15.3 Å². The van der Waals surface area contributed by atoms with Crippen molar-refractivity contribution in [3.8, 4) is 0 Å². The molecular weight excluding hydrogens is 280 g/mol. The van der Waals surface area contributed by atoms with Crippen LogP contribution in [0.4, 0.5) is 5.82 Å². The van der Waals surface area contributed by atoms with E-state index in [1.165, 1.54) is 4.88 Å². The molecule has 0 amide bonds. The molecule has 0 radical (unpaired) electrons. The van der Waals surface area contributed by atoms with Gasteiger partial charge in [0.1, 0.15) is 5.82 Å². The summed E-state index contributed by atoms with van der Waals surface area (Å²) in [5, 5.41) is 3.80. The Hall–Kier alpha value is -1.17. The maximum Gasteiger partial charge on any atom is 0.128 e. The number of aromatic nitrogens is 2. The molecule has 0 aromatic carbocycles. The van der Waals surface area contributed by atoms with E-state index >= 15 is 0 Å². The van der Waals surface area contributed by atoms with Gasteiger partial charge >= 0.3 is 0 Å². The number of thiazole rings is 1. The second-order valence-corrected chi connectivity index (χ2v) is 5.73. The Morgan fingerprint density at radius 3 is 2.84 bits per heavy atom.